The van der Waals surface area contributed by atoms with E-state index in [1.165, 1.54) is 6.07 Å². The van der Waals surface area contributed by atoms with E-state index in [0.29, 0.717) is 17.6 Å². The lowest BCUT2D eigenvalue weighted by Gasteiger charge is -2.28. The third-order valence-corrected chi connectivity index (χ3v) is 3.46. The predicted molar refractivity (Wildman–Crippen MR) is 72.4 cm³/mol. The molecule has 0 bridgehead atoms. The lowest BCUT2D eigenvalue weighted by Crippen LogP contribution is -2.33. The van der Waals surface area contributed by atoms with Crippen LogP contribution in [0.1, 0.15) is 29.0 Å². The van der Waals surface area contributed by atoms with Crippen LogP contribution < -0.4 is 5.32 Å². The number of likely N-dealkylation sites (tertiary alicyclic amines) is 1. The van der Waals surface area contributed by atoms with Crippen molar-refractivity contribution in [1.29, 1.82) is 0 Å². The van der Waals surface area contributed by atoms with E-state index in [9.17, 15) is 4.79 Å². The lowest BCUT2D eigenvalue weighted by molar-refractivity contribution is 0.0690. The van der Waals surface area contributed by atoms with Crippen LogP contribution in [0.15, 0.2) is 6.07 Å². The van der Waals surface area contributed by atoms with E-state index in [-0.39, 0.29) is 5.69 Å². The van der Waals surface area contributed by atoms with Crippen molar-refractivity contribution in [2.24, 2.45) is 5.92 Å². The third-order valence-electron chi connectivity index (χ3n) is 3.46. The highest BCUT2D eigenvalue weighted by Crippen LogP contribution is 2.16. The minimum absolute atomic E-state index is 0.0402. The lowest BCUT2D eigenvalue weighted by atomic mass is 9.97. The van der Waals surface area contributed by atoms with Crippen molar-refractivity contribution in [1.82, 2.24) is 14.9 Å². The Bertz CT molecular complexity index is 456. The summed E-state index contributed by atoms with van der Waals surface area (Å²) in [5.74, 6) is -0.00207. The average molecular weight is 264 g/mol. The second-order valence-electron chi connectivity index (χ2n) is 5.15. The molecule has 1 aliphatic heterocycles. The zero-order valence-corrected chi connectivity index (χ0v) is 11.4. The highest BCUT2D eigenvalue weighted by Gasteiger charge is 2.17. The van der Waals surface area contributed by atoms with Crippen molar-refractivity contribution < 1.29 is 9.90 Å². The number of carboxylic acid groups (broad SMARTS) is 1. The summed E-state index contributed by atoms with van der Waals surface area (Å²) in [5.41, 5.74) is 0.705. The molecule has 0 aliphatic carbocycles. The molecular formula is C13H20N4O2. The van der Waals surface area contributed by atoms with Gasteiger partial charge in [0.1, 0.15) is 0 Å². The van der Waals surface area contributed by atoms with Gasteiger partial charge < -0.3 is 15.3 Å². The van der Waals surface area contributed by atoms with Crippen LogP contribution in [0.25, 0.3) is 0 Å². The standard InChI is InChI=1S/C13H20N4O2/c1-9-7-11(12(18)19)16-13(15-9)14-8-10-3-5-17(2)6-4-10/h7,10H,3-6,8H2,1-2H3,(H,18,19)(H,14,15,16). The molecule has 1 aromatic rings. The Morgan fingerprint density at radius 3 is 2.79 bits per heavy atom. The monoisotopic (exact) mass is 264 g/mol. The molecule has 0 aromatic carbocycles. The molecule has 1 aliphatic rings. The van der Waals surface area contributed by atoms with Gasteiger partial charge in [-0.15, -0.1) is 0 Å². The van der Waals surface area contributed by atoms with Crippen molar-refractivity contribution in [2.75, 3.05) is 32.0 Å². The molecule has 0 saturated carbocycles. The largest absolute Gasteiger partial charge is 0.477 e. The number of nitrogens with zero attached hydrogens (tertiary/aromatic N) is 3. The second kappa shape index (κ2) is 5.97. The van der Waals surface area contributed by atoms with Crippen LogP contribution >= 0.6 is 0 Å². The Hall–Kier alpha value is -1.69. The maximum atomic E-state index is 10.9. The molecule has 2 heterocycles. The highest BCUT2D eigenvalue weighted by molar-refractivity contribution is 5.85. The van der Waals surface area contributed by atoms with Gasteiger partial charge in [-0.2, -0.15) is 0 Å². The van der Waals surface area contributed by atoms with Gasteiger partial charge in [-0.25, -0.2) is 14.8 Å². The zero-order chi connectivity index (χ0) is 13.8. The molecule has 0 radical (unpaired) electrons. The maximum Gasteiger partial charge on any atom is 0.354 e. The summed E-state index contributed by atoms with van der Waals surface area (Å²) in [6.07, 6.45) is 2.31. The number of piperidine rings is 1. The van der Waals surface area contributed by atoms with Crippen LogP contribution in [-0.2, 0) is 0 Å². The smallest absolute Gasteiger partial charge is 0.354 e. The SMILES string of the molecule is Cc1cc(C(=O)O)nc(NCC2CCN(C)CC2)n1. The molecule has 2 N–H and O–H groups in total. The average Bonchev–Trinajstić information content (AvgIpc) is 2.37. The summed E-state index contributed by atoms with van der Waals surface area (Å²) in [6.45, 7) is 4.80. The van der Waals surface area contributed by atoms with E-state index >= 15 is 0 Å². The molecule has 0 spiro atoms. The van der Waals surface area contributed by atoms with Gasteiger partial charge in [0.15, 0.2) is 5.69 Å². The molecule has 2 rings (SSSR count). The summed E-state index contributed by atoms with van der Waals surface area (Å²) < 4.78 is 0. The first-order valence-corrected chi connectivity index (χ1v) is 6.56. The minimum atomic E-state index is -1.02. The van der Waals surface area contributed by atoms with E-state index in [2.05, 4.69) is 27.2 Å². The van der Waals surface area contributed by atoms with E-state index in [1.54, 1.807) is 6.92 Å². The molecule has 0 atom stereocenters. The summed E-state index contributed by atoms with van der Waals surface area (Å²) in [6, 6.07) is 1.48. The van der Waals surface area contributed by atoms with Crippen LogP contribution in [0.3, 0.4) is 0 Å². The molecule has 1 saturated heterocycles. The van der Waals surface area contributed by atoms with Crippen LogP contribution in [0.2, 0.25) is 0 Å². The predicted octanol–water partition coefficient (Wildman–Crippen LogP) is 1.24. The van der Waals surface area contributed by atoms with Gasteiger partial charge in [-0.05, 0) is 51.9 Å². The molecule has 6 heteroatoms. The van der Waals surface area contributed by atoms with Crippen molar-refractivity contribution in [3.8, 4) is 0 Å². The highest BCUT2D eigenvalue weighted by atomic mass is 16.4. The molecule has 1 fully saturated rings. The van der Waals surface area contributed by atoms with Crippen LogP contribution in [0.4, 0.5) is 5.95 Å². The summed E-state index contributed by atoms with van der Waals surface area (Å²) >= 11 is 0. The van der Waals surface area contributed by atoms with Gasteiger partial charge in [0.05, 0.1) is 0 Å². The summed E-state index contributed by atoms with van der Waals surface area (Å²) in [4.78, 5) is 21.5. The molecule has 104 valence electrons. The fourth-order valence-corrected chi connectivity index (χ4v) is 2.26. The van der Waals surface area contributed by atoms with E-state index in [4.69, 9.17) is 5.11 Å². The van der Waals surface area contributed by atoms with Gasteiger partial charge in [0, 0.05) is 12.2 Å². The number of anilines is 1. The van der Waals surface area contributed by atoms with Crippen molar-refractivity contribution in [3.63, 3.8) is 0 Å². The minimum Gasteiger partial charge on any atom is -0.477 e. The fourth-order valence-electron chi connectivity index (χ4n) is 2.26. The first-order chi connectivity index (χ1) is 9.04. The molecule has 6 nitrogen and oxygen atoms in total. The number of nitrogens with one attached hydrogen (secondary N) is 1. The Kier molecular flexibility index (Phi) is 4.31. The number of aromatic carboxylic acids is 1. The molecule has 0 unspecified atom stereocenters. The van der Waals surface area contributed by atoms with Crippen LogP contribution in [0, 0.1) is 12.8 Å². The Labute approximate surface area is 112 Å². The maximum absolute atomic E-state index is 10.9. The van der Waals surface area contributed by atoms with Crippen molar-refractivity contribution >= 4 is 11.9 Å². The van der Waals surface area contributed by atoms with Crippen molar-refractivity contribution in [3.05, 3.63) is 17.5 Å². The Balaban J connectivity index is 1.94. The van der Waals surface area contributed by atoms with Gasteiger partial charge in [0.2, 0.25) is 5.95 Å². The topological polar surface area (TPSA) is 78.3 Å². The third kappa shape index (κ3) is 3.89. The Morgan fingerprint density at radius 1 is 1.47 bits per heavy atom. The number of carbonyl (C=O) groups is 1. The first-order valence-electron chi connectivity index (χ1n) is 6.56. The van der Waals surface area contributed by atoms with Crippen LogP contribution in [0.5, 0.6) is 0 Å². The number of hydrogen-bond donors (Lipinski definition) is 2. The number of rotatable bonds is 4. The summed E-state index contributed by atoms with van der Waals surface area (Å²) in [7, 11) is 2.13. The van der Waals surface area contributed by atoms with Gasteiger partial charge in [-0.1, -0.05) is 0 Å². The molecule has 19 heavy (non-hydrogen) atoms. The number of aromatic nitrogens is 2. The van der Waals surface area contributed by atoms with Crippen molar-refractivity contribution in [2.45, 2.75) is 19.8 Å². The van der Waals surface area contributed by atoms with E-state index < -0.39 is 5.97 Å². The number of hydrogen-bond acceptors (Lipinski definition) is 5. The normalized spacial score (nSPS) is 17.4. The van der Waals surface area contributed by atoms with Gasteiger partial charge in [0.25, 0.3) is 0 Å². The Morgan fingerprint density at radius 2 is 2.16 bits per heavy atom. The molecule has 0 amide bonds. The first kappa shape index (κ1) is 13.7. The molecule has 1 aromatic heterocycles. The van der Waals surface area contributed by atoms with Crippen LogP contribution in [-0.4, -0.2) is 52.6 Å². The number of carboxylic acids is 1. The fraction of sp³-hybridized carbons (Fsp3) is 0.615. The number of aryl methyl sites for hydroxylation is 1. The van der Waals surface area contributed by atoms with E-state index in [1.807, 2.05) is 0 Å². The quantitative estimate of drug-likeness (QED) is 0.852. The van der Waals surface area contributed by atoms with Gasteiger partial charge in [-0.3, -0.25) is 0 Å². The summed E-state index contributed by atoms with van der Waals surface area (Å²) in [5, 5.41) is 12.1. The second-order valence-corrected chi connectivity index (χ2v) is 5.15. The molecular weight excluding hydrogens is 244 g/mol. The van der Waals surface area contributed by atoms with E-state index in [0.717, 1.165) is 32.5 Å². The van der Waals surface area contributed by atoms with Gasteiger partial charge >= 0.3 is 5.97 Å². The zero-order valence-electron chi connectivity index (χ0n) is 11.4.